The van der Waals surface area contributed by atoms with Crippen LogP contribution in [0.1, 0.15) is 32.7 Å². The predicted octanol–water partition coefficient (Wildman–Crippen LogP) is 3.20. The van der Waals surface area contributed by atoms with E-state index in [2.05, 4.69) is 28.2 Å². The number of aryl methyl sites for hydroxylation is 2. The van der Waals surface area contributed by atoms with Gasteiger partial charge in [-0.3, -0.25) is 9.36 Å². The van der Waals surface area contributed by atoms with Crippen molar-refractivity contribution in [1.29, 1.82) is 0 Å². The molecule has 0 spiro atoms. The SMILES string of the molecule is Cc1ccc(C(=O)n2c(Br)cc3c2CCNC3)cc1C. The maximum Gasteiger partial charge on any atom is 0.263 e. The van der Waals surface area contributed by atoms with Crippen molar-refractivity contribution in [2.45, 2.75) is 26.8 Å². The Bertz CT molecular complexity index is 688. The van der Waals surface area contributed by atoms with Gasteiger partial charge < -0.3 is 5.32 Å². The van der Waals surface area contributed by atoms with E-state index < -0.39 is 0 Å². The molecule has 0 bridgehead atoms. The zero-order valence-corrected chi connectivity index (χ0v) is 13.3. The van der Waals surface area contributed by atoms with E-state index in [0.717, 1.165) is 40.9 Å². The fourth-order valence-corrected chi connectivity index (χ4v) is 3.29. The average molecular weight is 333 g/mol. The molecule has 4 heteroatoms. The predicted molar refractivity (Wildman–Crippen MR) is 83.2 cm³/mol. The lowest BCUT2D eigenvalue weighted by Gasteiger charge is -2.16. The third-order valence-corrected chi connectivity index (χ3v) is 4.54. The molecule has 1 N–H and O–H groups in total. The summed E-state index contributed by atoms with van der Waals surface area (Å²) in [6.07, 6.45) is 0.886. The van der Waals surface area contributed by atoms with E-state index in [1.165, 1.54) is 11.1 Å². The molecule has 3 nitrogen and oxygen atoms in total. The Hall–Kier alpha value is -1.39. The molecule has 0 saturated heterocycles. The van der Waals surface area contributed by atoms with Crippen LogP contribution in [0, 0.1) is 13.8 Å². The molecular formula is C16H17BrN2O. The number of aromatic nitrogens is 1. The summed E-state index contributed by atoms with van der Waals surface area (Å²) in [5, 5.41) is 3.33. The summed E-state index contributed by atoms with van der Waals surface area (Å²) in [5.41, 5.74) is 5.43. The first-order valence-electron chi connectivity index (χ1n) is 6.79. The first-order chi connectivity index (χ1) is 9.58. The van der Waals surface area contributed by atoms with Crippen molar-refractivity contribution in [2.75, 3.05) is 6.54 Å². The second kappa shape index (κ2) is 5.19. The van der Waals surface area contributed by atoms with Gasteiger partial charge in [0.1, 0.15) is 0 Å². The van der Waals surface area contributed by atoms with Gasteiger partial charge in [-0.2, -0.15) is 0 Å². The smallest absolute Gasteiger partial charge is 0.263 e. The van der Waals surface area contributed by atoms with E-state index in [0.29, 0.717) is 0 Å². The molecule has 20 heavy (non-hydrogen) atoms. The third-order valence-electron chi connectivity index (χ3n) is 3.96. The molecule has 2 aromatic rings. The number of hydrogen-bond donors (Lipinski definition) is 1. The minimum atomic E-state index is 0.0446. The summed E-state index contributed by atoms with van der Waals surface area (Å²) in [6.45, 7) is 5.85. The Balaban J connectivity index is 2.06. The van der Waals surface area contributed by atoms with Crippen LogP contribution in [-0.2, 0) is 13.0 Å². The second-order valence-corrected chi connectivity index (χ2v) is 6.12. The van der Waals surface area contributed by atoms with Gasteiger partial charge in [-0.1, -0.05) is 6.07 Å². The van der Waals surface area contributed by atoms with E-state index in [4.69, 9.17) is 0 Å². The molecule has 1 aromatic carbocycles. The van der Waals surface area contributed by atoms with Crippen LogP contribution in [0.15, 0.2) is 28.9 Å². The van der Waals surface area contributed by atoms with Gasteiger partial charge in [0.15, 0.2) is 0 Å². The molecule has 1 aromatic heterocycles. The summed E-state index contributed by atoms with van der Waals surface area (Å²) in [5.74, 6) is 0.0446. The molecule has 0 atom stereocenters. The molecule has 0 radical (unpaired) electrons. The number of carbonyl (C=O) groups is 1. The van der Waals surface area contributed by atoms with E-state index in [-0.39, 0.29) is 5.91 Å². The number of rotatable bonds is 1. The summed E-state index contributed by atoms with van der Waals surface area (Å²) in [7, 11) is 0. The normalized spacial score (nSPS) is 14.2. The van der Waals surface area contributed by atoms with Gasteiger partial charge in [0.05, 0.1) is 4.60 Å². The minimum absolute atomic E-state index is 0.0446. The van der Waals surface area contributed by atoms with Crippen LogP contribution in [0.5, 0.6) is 0 Å². The number of nitrogens with one attached hydrogen (secondary N) is 1. The number of nitrogens with zero attached hydrogens (tertiary/aromatic N) is 1. The van der Waals surface area contributed by atoms with Gasteiger partial charge in [-0.25, -0.2) is 0 Å². The monoisotopic (exact) mass is 332 g/mol. The topological polar surface area (TPSA) is 34.0 Å². The van der Waals surface area contributed by atoms with E-state index >= 15 is 0 Å². The first kappa shape index (κ1) is 13.6. The first-order valence-corrected chi connectivity index (χ1v) is 7.59. The number of halogens is 1. The number of carbonyl (C=O) groups excluding carboxylic acids is 1. The minimum Gasteiger partial charge on any atom is -0.312 e. The average Bonchev–Trinajstić information content (AvgIpc) is 2.77. The number of hydrogen-bond acceptors (Lipinski definition) is 2. The summed E-state index contributed by atoms with van der Waals surface area (Å²) in [6, 6.07) is 7.93. The van der Waals surface area contributed by atoms with E-state index in [1.54, 1.807) is 4.57 Å². The van der Waals surface area contributed by atoms with Crippen molar-refractivity contribution >= 4 is 21.8 Å². The van der Waals surface area contributed by atoms with Gasteiger partial charge in [0.2, 0.25) is 0 Å². The standard InChI is InChI=1S/C16H17BrN2O/c1-10-3-4-12(7-11(10)2)16(20)19-14-5-6-18-9-13(14)8-15(19)17/h3-4,7-8,18H,5-6,9H2,1-2H3. The summed E-state index contributed by atoms with van der Waals surface area (Å²) in [4.78, 5) is 12.8. The number of fused-ring (bicyclic) bond motifs is 1. The van der Waals surface area contributed by atoms with Crippen molar-refractivity contribution in [3.63, 3.8) is 0 Å². The molecule has 0 unspecified atom stereocenters. The highest BCUT2D eigenvalue weighted by molar-refractivity contribution is 9.10. The highest BCUT2D eigenvalue weighted by Gasteiger charge is 2.22. The van der Waals surface area contributed by atoms with Gasteiger partial charge in [0, 0.05) is 30.8 Å². The van der Waals surface area contributed by atoms with Crippen molar-refractivity contribution in [1.82, 2.24) is 9.88 Å². The maximum atomic E-state index is 12.8. The Morgan fingerprint density at radius 1 is 1.25 bits per heavy atom. The van der Waals surface area contributed by atoms with Crippen molar-refractivity contribution in [3.05, 3.63) is 56.8 Å². The lowest BCUT2D eigenvalue weighted by atomic mass is 10.1. The second-order valence-electron chi connectivity index (χ2n) is 5.31. The van der Waals surface area contributed by atoms with E-state index in [9.17, 15) is 4.79 Å². The fourth-order valence-electron chi connectivity index (χ4n) is 2.64. The van der Waals surface area contributed by atoms with Crippen molar-refractivity contribution in [2.24, 2.45) is 0 Å². The van der Waals surface area contributed by atoms with E-state index in [1.807, 2.05) is 31.2 Å². The molecule has 2 heterocycles. The van der Waals surface area contributed by atoms with Gasteiger partial charge in [-0.05, 0) is 64.7 Å². The Morgan fingerprint density at radius 2 is 2.05 bits per heavy atom. The van der Waals surface area contributed by atoms with Crippen LogP contribution in [0.2, 0.25) is 0 Å². The van der Waals surface area contributed by atoms with Crippen LogP contribution in [0.3, 0.4) is 0 Å². The zero-order chi connectivity index (χ0) is 14.3. The van der Waals surface area contributed by atoms with Gasteiger partial charge in [0.25, 0.3) is 5.91 Å². The highest BCUT2D eigenvalue weighted by Crippen LogP contribution is 2.25. The third kappa shape index (κ3) is 2.23. The molecule has 1 aliphatic heterocycles. The largest absolute Gasteiger partial charge is 0.312 e. The molecular weight excluding hydrogens is 316 g/mol. The lowest BCUT2D eigenvalue weighted by Crippen LogP contribution is -2.26. The Kier molecular flexibility index (Phi) is 3.52. The van der Waals surface area contributed by atoms with Crippen LogP contribution in [0.4, 0.5) is 0 Å². The zero-order valence-electron chi connectivity index (χ0n) is 11.7. The maximum absolute atomic E-state index is 12.8. The Morgan fingerprint density at radius 3 is 2.80 bits per heavy atom. The van der Waals surface area contributed by atoms with Crippen molar-refractivity contribution < 1.29 is 4.79 Å². The molecule has 3 rings (SSSR count). The molecule has 0 aliphatic carbocycles. The highest BCUT2D eigenvalue weighted by atomic mass is 79.9. The Labute approximate surface area is 127 Å². The van der Waals surface area contributed by atoms with Crippen LogP contribution in [0.25, 0.3) is 0 Å². The van der Waals surface area contributed by atoms with Gasteiger partial charge >= 0.3 is 0 Å². The molecule has 104 valence electrons. The van der Waals surface area contributed by atoms with Crippen LogP contribution >= 0.6 is 15.9 Å². The fraction of sp³-hybridized carbons (Fsp3) is 0.312. The number of benzene rings is 1. The van der Waals surface area contributed by atoms with Crippen LogP contribution < -0.4 is 5.32 Å². The summed E-state index contributed by atoms with van der Waals surface area (Å²) < 4.78 is 2.65. The van der Waals surface area contributed by atoms with Gasteiger partial charge in [-0.15, -0.1) is 0 Å². The quantitative estimate of drug-likeness (QED) is 0.870. The molecule has 1 aliphatic rings. The molecule has 0 saturated carbocycles. The molecule has 0 fully saturated rings. The summed E-state index contributed by atoms with van der Waals surface area (Å²) >= 11 is 3.52. The van der Waals surface area contributed by atoms with Crippen molar-refractivity contribution in [3.8, 4) is 0 Å². The van der Waals surface area contributed by atoms with Crippen LogP contribution in [-0.4, -0.2) is 17.0 Å². The molecule has 0 amide bonds. The lowest BCUT2D eigenvalue weighted by molar-refractivity contribution is 0.0954.